The van der Waals surface area contributed by atoms with Gasteiger partial charge in [-0.05, 0) is 84.6 Å². The summed E-state index contributed by atoms with van der Waals surface area (Å²) in [6.45, 7) is -2.94. The summed E-state index contributed by atoms with van der Waals surface area (Å²) < 4.78 is 11.1. The normalized spacial score (nSPS) is 12.4. The lowest BCUT2D eigenvalue weighted by Gasteiger charge is -2.27. The zero-order valence-corrected chi connectivity index (χ0v) is 32.2. The minimum atomic E-state index is -1.26. The van der Waals surface area contributed by atoms with Crippen molar-refractivity contribution in [1.82, 2.24) is 39.5 Å². The predicted octanol–water partition coefficient (Wildman–Crippen LogP) is 0.559. The molecule has 5 heterocycles. The van der Waals surface area contributed by atoms with Crippen LogP contribution in [0.2, 0.25) is 0 Å². The maximum absolute atomic E-state index is 13.3. The van der Waals surface area contributed by atoms with Crippen LogP contribution in [0.4, 0.5) is 0 Å². The van der Waals surface area contributed by atoms with E-state index >= 15 is 0 Å². The summed E-state index contributed by atoms with van der Waals surface area (Å²) in [5, 5.41) is 60.1. The molecule has 0 saturated carbocycles. The first-order valence-corrected chi connectivity index (χ1v) is 18.8. The Bertz CT molecular complexity index is 2310. The second kappa shape index (κ2) is 21.0. The Kier molecular flexibility index (Phi) is 15.0. The molecule has 5 rings (SSSR count). The highest BCUT2D eigenvalue weighted by atomic mass is 16.4. The molecule has 8 bridgehead atoms. The fourth-order valence-corrected chi connectivity index (χ4v) is 6.76. The van der Waals surface area contributed by atoms with Crippen molar-refractivity contribution in [2.45, 2.75) is 19.4 Å². The minimum absolute atomic E-state index is 0.0278. The minimum Gasteiger partial charge on any atom is -0.480 e. The number of hydrogen-bond donors (Lipinski definition) is 8. The lowest BCUT2D eigenvalue weighted by molar-refractivity contribution is -0.143. The van der Waals surface area contributed by atoms with Gasteiger partial charge in [-0.2, -0.15) is 0 Å². The third-order valence-corrected chi connectivity index (χ3v) is 9.32. The van der Waals surface area contributed by atoms with Crippen molar-refractivity contribution in [2.24, 2.45) is 0 Å². The number of nitrogens with one attached hydrogen (secondary N) is 2. The number of carbonyl (C=O) groups is 5. The standard InChI is InChI=1S/C40H48N8O11/c49-13-5-26-15-32-20-35-27(6-14-50)16-33(18-30-3-1-28(42-30)17-29-2-4-31(43-29)19-34(26)44-32)48(35)8-7-41-36(51)21-46(23-38(54)55)11-9-45(22-37(52)53)10-12-47(24-39(56)57)25-40(58)59/h1-4,15-20,44,49-50H,5-14,21-25H2,(H,41,51)(H,52,53)(H,54,55)(H,56,57)(H,58,59)/i16D. The first kappa shape index (κ1) is 42.4. The van der Waals surface area contributed by atoms with Crippen molar-refractivity contribution in [2.75, 3.05) is 78.7 Å². The fourth-order valence-electron chi connectivity index (χ4n) is 6.76. The molecule has 2 aliphatic rings. The average Bonchev–Trinajstić information content (AvgIpc) is 3.94. The number of amides is 1. The molecule has 0 radical (unpaired) electrons. The second-order valence-electron chi connectivity index (χ2n) is 13.9. The molecule has 314 valence electrons. The molecule has 0 saturated heterocycles. The number of nitrogens with zero attached hydrogens (tertiary/aromatic N) is 6. The largest absolute Gasteiger partial charge is 0.480 e. The maximum Gasteiger partial charge on any atom is 0.317 e. The zero-order chi connectivity index (χ0) is 43.3. The van der Waals surface area contributed by atoms with Gasteiger partial charge >= 0.3 is 23.9 Å². The van der Waals surface area contributed by atoms with Crippen LogP contribution in [0.5, 0.6) is 0 Å². The number of fused-ring (bicyclic) bond motifs is 8. The molecule has 0 aliphatic carbocycles. The average molecular weight is 818 g/mol. The van der Waals surface area contributed by atoms with Gasteiger partial charge in [0.2, 0.25) is 5.91 Å². The summed E-state index contributed by atoms with van der Waals surface area (Å²) in [5.74, 6) is -5.50. The summed E-state index contributed by atoms with van der Waals surface area (Å²) in [5.41, 5.74) is 6.46. The Hall–Kier alpha value is -6.25. The summed E-state index contributed by atoms with van der Waals surface area (Å²) in [6, 6.07) is 9.35. The van der Waals surface area contributed by atoms with Crippen molar-refractivity contribution in [3.8, 4) is 0 Å². The molecule has 59 heavy (non-hydrogen) atoms. The van der Waals surface area contributed by atoms with Crippen LogP contribution in [0.15, 0.2) is 36.4 Å². The number of hydrogen-bond acceptors (Lipinski definition) is 12. The van der Waals surface area contributed by atoms with Crippen LogP contribution in [0.1, 0.15) is 35.3 Å². The number of H-pyrrole nitrogens is 1. The summed E-state index contributed by atoms with van der Waals surface area (Å²) in [7, 11) is 0. The quantitative estimate of drug-likeness (QED) is 0.0447. The van der Waals surface area contributed by atoms with Crippen LogP contribution in [0.3, 0.4) is 0 Å². The third-order valence-electron chi connectivity index (χ3n) is 9.32. The third kappa shape index (κ3) is 13.4. The number of carboxylic acids is 4. The van der Waals surface area contributed by atoms with Gasteiger partial charge in [0.05, 0.1) is 56.9 Å². The van der Waals surface area contributed by atoms with Crippen LogP contribution < -0.4 is 5.32 Å². The van der Waals surface area contributed by atoms with Crippen LogP contribution in [0.25, 0.3) is 46.4 Å². The molecule has 2 aliphatic heterocycles. The monoisotopic (exact) mass is 817 g/mol. The highest BCUT2D eigenvalue weighted by molar-refractivity contribution is 5.81. The molecular weight excluding hydrogens is 768 g/mol. The Morgan fingerprint density at radius 2 is 1.14 bits per heavy atom. The highest BCUT2D eigenvalue weighted by Crippen LogP contribution is 2.24. The molecule has 0 spiro atoms. The van der Waals surface area contributed by atoms with Gasteiger partial charge < -0.3 is 45.5 Å². The molecule has 0 aromatic carbocycles. The van der Waals surface area contributed by atoms with E-state index in [1.54, 1.807) is 6.07 Å². The van der Waals surface area contributed by atoms with Gasteiger partial charge in [0.15, 0.2) is 0 Å². The van der Waals surface area contributed by atoms with Gasteiger partial charge in [-0.25, -0.2) is 9.97 Å². The molecule has 3 aromatic rings. The summed E-state index contributed by atoms with van der Waals surface area (Å²) >= 11 is 0. The van der Waals surface area contributed by atoms with Crippen molar-refractivity contribution >= 4 is 76.2 Å². The van der Waals surface area contributed by atoms with Crippen LogP contribution in [-0.2, 0) is 43.4 Å². The number of aliphatic carboxylic acids is 4. The smallest absolute Gasteiger partial charge is 0.317 e. The Morgan fingerprint density at radius 1 is 0.644 bits per heavy atom. The lowest BCUT2D eigenvalue weighted by atomic mass is 10.2. The molecule has 19 heteroatoms. The van der Waals surface area contributed by atoms with Gasteiger partial charge in [-0.1, -0.05) is 0 Å². The van der Waals surface area contributed by atoms with Gasteiger partial charge in [0, 0.05) is 74.5 Å². The van der Waals surface area contributed by atoms with Crippen molar-refractivity contribution in [3.05, 3.63) is 70.3 Å². The van der Waals surface area contributed by atoms with E-state index in [0.717, 1.165) is 16.0 Å². The molecule has 0 atom stereocenters. The van der Waals surface area contributed by atoms with E-state index in [2.05, 4.69) is 15.3 Å². The van der Waals surface area contributed by atoms with Gasteiger partial charge in [0.1, 0.15) is 0 Å². The van der Waals surface area contributed by atoms with E-state index in [0.29, 0.717) is 51.3 Å². The predicted molar refractivity (Wildman–Crippen MR) is 217 cm³/mol. The van der Waals surface area contributed by atoms with Gasteiger partial charge in [-0.3, -0.25) is 38.7 Å². The van der Waals surface area contributed by atoms with E-state index in [1.807, 2.05) is 53.1 Å². The van der Waals surface area contributed by atoms with Crippen molar-refractivity contribution in [1.29, 1.82) is 0 Å². The van der Waals surface area contributed by atoms with E-state index in [9.17, 15) is 45.8 Å². The molecule has 8 N–H and O–H groups in total. The van der Waals surface area contributed by atoms with E-state index in [-0.39, 0.29) is 71.5 Å². The zero-order valence-electron chi connectivity index (χ0n) is 33.2. The Labute approximate surface area is 339 Å². The second-order valence-corrected chi connectivity index (χ2v) is 13.9. The van der Waals surface area contributed by atoms with Crippen LogP contribution in [0, 0.1) is 0 Å². The number of carbonyl (C=O) groups excluding carboxylic acids is 1. The number of aromatic nitrogens is 4. The van der Waals surface area contributed by atoms with E-state index in [4.69, 9.17) is 15.2 Å². The number of aliphatic hydroxyl groups is 2. The van der Waals surface area contributed by atoms with Crippen LogP contribution in [-0.4, -0.2) is 173 Å². The Balaban J connectivity index is 1.41. The first-order chi connectivity index (χ1) is 28.7. The van der Waals surface area contributed by atoms with E-state index in [1.165, 1.54) is 9.80 Å². The molecule has 0 unspecified atom stereocenters. The topological polar surface area (TPSA) is 275 Å². The Morgan fingerprint density at radius 3 is 1.69 bits per heavy atom. The molecule has 3 aromatic heterocycles. The first-order valence-electron chi connectivity index (χ1n) is 19.3. The highest BCUT2D eigenvalue weighted by Gasteiger charge is 2.20. The number of carboxylic acid groups (broad SMARTS) is 4. The SMILES string of the molecule is [2H]c1c(CCO)c2cc3cc(CCO)c(cc4nc(cc5nc(cc1n2CCNC(=O)CN(CCN(CCN(CC(=O)O)CC(=O)O)CC(=O)O)CC(=O)O)C=C5)C=C4)[nH]3. The molecular formula is C40H48N8O11. The molecule has 0 fully saturated rings. The van der Waals surface area contributed by atoms with Gasteiger partial charge in [0.25, 0.3) is 0 Å². The number of aromatic amines is 1. The lowest BCUT2D eigenvalue weighted by Crippen LogP contribution is -2.46. The van der Waals surface area contributed by atoms with Crippen molar-refractivity contribution in [3.63, 3.8) is 0 Å². The van der Waals surface area contributed by atoms with Crippen LogP contribution >= 0.6 is 0 Å². The summed E-state index contributed by atoms with van der Waals surface area (Å²) in [6.07, 6.45) is 7.91. The molecule has 1 amide bonds. The number of aliphatic hydroxyl groups excluding tert-OH is 2. The van der Waals surface area contributed by atoms with E-state index < -0.39 is 56.0 Å². The molecule has 19 nitrogen and oxygen atoms in total. The maximum atomic E-state index is 13.3. The number of rotatable bonds is 23. The van der Waals surface area contributed by atoms with Crippen molar-refractivity contribution < 1.29 is 56.0 Å². The van der Waals surface area contributed by atoms with Gasteiger partial charge in [-0.15, -0.1) is 0 Å². The fraction of sp³-hybridized carbons (Fsp3) is 0.375. The summed E-state index contributed by atoms with van der Waals surface area (Å²) in [4.78, 5) is 75.8.